The van der Waals surface area contributed by atoms with Gasteiger partial charge in [-0.15, -0.1) is 0 Å². The minimum atomic E-state index is -3.96. The van der Waals surface area contributed by atoms with Gasteiger partial charge in [0.25, 0.3) is 0 Å². The van der Waals surface area contributed by atoms with Gasteiger partial charge in [0.1, 0.15) is 0 Å². The van der Waals surface area contributed by atoms with E-state index >= 15 is 0 Å². The molecule has 0 N–H and O–H groups in total. The van der Waals surface area contributed by atoms with E-state index in [1.807, 2.05) is 6.07 Å². The van der Waals surface area contributed by atoms with Gasteiger partial charge in [0.05, 0.1) is 23.3 Å². The monoisotopic (exact) mass is 438 g/mol. The lowest BCUT2D eigenvalue weighted by Gasteiger charge is -2.33. The van der Waals surface area contributed by atoms with Crippen LogP contribution in [0.4, 0.5) is 0 Å². The van der Waals surface area contributed by atoms with Crippen molar-refractivity contribution in [2.45, 2.75) is 10.6 Å². The topological polar surface area (TPSA) is 101 Å². The summed E-state index contributed by atoms with van der Waals surface area (Å²) in [5.74, 6) is -0.876. The number of hydrogen-bond donors (Lipinski definition) is 0. The zero-order valence-corrected chi connectivity index (χ0v) is 17.5. The first-order valence-corrected chi connectivity index (χ1v) is 12.0. The van der Waals surface area contributed by atoms with Gasteiger partial charge in [-0.3, -0.25) is 0 Å². The molecule has 1 saturated heterocycles. The fourth-order valence-corrected chi connectivity index (χ4v) is 6.29. The highest BCUT2D eigenvalue weighted by Crippen LogP contribution is 2.23. The maximum absolute atomic E-state index is 13.0. The van der Waals surface area contributed by atoms with E-state index in [0.717, 1.165) is 0 Å². The molecule has 0 amide bonds. The predicted molar refractivity (Wildman–Crippen MR) is 107 cm³/mol. The molecule has 0 aromatic heterocycles. The van der Waals surface area contributed by atoms with E-state index in [2.05, 4.69) is 4.74 Å². The van der Waals surface area contributed by atoms with Crippen molar-refractivity contribution in [2.75, 3.05) is 33.3 Å². The quantitative estimate of drug-likeness (QED) is 0.631. The van der Waals surface area contributed by atoms with Gasteiger partial charge in [0.2, 0.25) is 20.0 Å². The molecule has 0 unspecified atom stereocenters. The third-order valence-electron chi connectivity index (χ3n) is 4.69. The molecule has 2 aromatic rings. The minimum absolute atomic E-state index is 0.00581. The lowest BCUT2D eigenvalue weighted by molar-refractivity contribution is 0.0596. The fourth-order valence-electron chi connectivity index (χ4n) is 3.17. The Labute approximate surface area is 170 Å². The standard InChI is InChI=1S/C19H22N2O6S2/c1-27-19(22)17-9-5-6-10-18(17)29(25,26)21-13-11-20(12-14-21)28(23,24)15-16-7-3-2-4-8-16/h2-10H,11-15H2,1H3. The van der Waals surface area contributed by atoms with Crippen LogP contribution >= 0.6 is 0 Å². The van der Waals surface area contributed by atoms with Crippen molar-refractivity contribution < 1.29 is 26.4 Å². The fraction of sp³-hybridized carbons (Fsp3) is 0.316. The summed E-state index contributed by atoms with van der Waals surface area (Å²) in [6.45, 7) is 0.112. The lowest BCUT2D eigenvalue weighted by Crippen LogP contribution is -2.50. The Morgan fingerprint density at radius 3 is 2.03 bits per heavy atom. The van der Waals surface area contributed by atoms with Gasteiger partial charge in [-0.05, 0) is 17.7 Å². The second kappa shape index (κ2) is 8.62. The number of ether oxygens (including phenoxy) is 1. The summed E-state index contributed by atoms with van der Waals surface area (Å²) >= 11 is 0. The molecule has 156 valence electrons. The molecule has 1 fully saturated rings. The van der Waals surface area contributed by atoms with Crippen molar-refractivity contribution in [3.8, 4) is 0 Å². The second-order valence-corrected chi connectivity index (χ2v) is 10.4. The number of benzene rings is 2. The van der Waals surface area contributed by atoms with Gasteiger partial charge in [0, 0.05) is 26.2 Å². The Bertz CT molecular complexity index is 1080. The van der Waals surface area contributed by atoms with Gasteiger partial charge in [-0.2, -0.15) is 8.61 Å². The van der Waals surface area contributed by atoms with Crippen LogP contribution in [0.2, 0.25) is 0 Å². The van der Waals surface area contributed by atoms with E-state index < -0.39 is 26.0 Å². The van der Waals surface area contributed by atoms with Crippen LogP contribution in [0.15, 0.2) is 59.5 Å². The van der Waals surface area contributed by atoms with Crippen LogP contribution in [0, 0.1) is 0 Å². The number of nitrogens with zero attached hydrogens (tertiary/aromatic N) is 2. The van der Waals surface area contributed by atoms with Gasteiger partial charge >= 0.3 is 5.97 Å². The molecule has 0 bridgehead atoms. The smallest absolute Gasteiger partial charge is 0.339 e. The number of hydrogen-bond acceptors (Lipinski definition) is 6. The van der Waals surface area contributed by atoms with E-state index in [1.165, 1.54) is 33.9 Å². The number of methoxy groups -OCH3 is 1. The minimum Gasteiger partial charge on any atom is -0.465 e. The van der Waals surface area contributed by atoms with E-state index in [9.17, 15) is 21.6 Å². The SMILES string of the molecule is COC(=O)c1ccccc1S(=O)(=O)N1CCN(S(=O)(=O)Cc2ccccc2)CC1. The molecule has 1 aliphatic rings. The Morgan fingerprint density at radius 1 is 0.862 bits per heavy atom. The summed E-state index contributed by atoms with van der Waals surface area (Å²) in [7, 11) is -6.34. The normalized spacial score (nSPS) is 16.4. The van der Waals surface area contributed by atoms with E-state index in [1.54, 1.807) is 30.3 Å². The molecule has 0 spiro atoms. The Hall–Kier alpha value is -2.27. The number of esters is 1. The summed E-state index contributed by atoms with van der Waals surface area (Å²) in [5.41, 5.74) is 0.628. The number of piperazine rings is 1. The van der Waals surface area contributed by atoms with Crippen LogP contribution in [0.5, 0.6) is 0 Å². The summed E-state index contributed by atoms with van der Waals surface area (Å²) in [4.78, 5) is 11.8. The molecule has 0 aliphatic carbocycles. The first kappa shape index (κ1) is 21.4. The molecule has 10 heteroatoms. The maximum Gasteiger partial charge on any atom is 0.339 e. The second-order valence-electron chi connectivity index (χ2n) is 6.53. The largest absolute Gasteiger partial charge is 0.465 e. The Kier molecular flexibility index (Phi) is 6.37. The summed E-state index contributed by atoms with van der Waals surface area (Å²) < 4.78 is 58.5. The van der Waals surface area contributed by atoms with Gasteiger partial charge < -0.3 is 4.74 Å². The first-order chi connectivity index (χ1) is 13.8. The first-order valence-electron chi connectivity index (χ1n) is 8.95. The molecular formula is C19H22N2O6S2. The zero-order chi connectivity index (χ0) is 21.1. The predicted octanol–water partition coefficient (Wildman–Crippen LogP) is 1.31. The lowest BCUT2D eigenvalue weighted by atomic mass is 10.2. The third kappa shape index (κ3) is 4.67. The van der Waals surface area contributed by atoms with Gasteiger partial charge in [-0.25, -0.2) is 21.6 Å². The molecular weight excluding hydrogens is 416 g/mol. The molecule has 3 rings (SSSR count). The summed E-state index contributed by atoms with van der Waals surface area (Å²) in [6, 6.07) is 14.6. The van der Waals surface area contributed by atoms with Gasteiger partial charge in [0.15, 0.2) is 0 Å². The summed E-state index contributed by atoms with van der Waals surface area (Å²) in [5, 5.41) is 0. The Morgan fingerprint density at radius 2 is 1.41 bits per heavy atom. The Balaban J connectivity index is 1.74. The van der Waals surface area contributed by atoms with Crippen molar-refractivity contribution in [1.29, 1.82) is 0 Å². The number of sulfonamides is 2. The number of carbonyl (C=O) groups excluding carboxylic acids is 1. The highest BCUT2D eigenvalue weighted by molar-refractivity contribution is 7.89. The number of rotatable bonds is 6. The van der Waals surface area contributed by atoms with Crippen molar-refractivity contribution in [1.82, 2.24) is 8.61 Å². The molecule has 0 atom stereocenters. The summed E-state index contributed by atoms with van der Waals surface area (Å²) in [6.07, 6.45) is 0. The van der Waals surface area contributed by atoms with Crippen LogP contribution in [0.3, 0.4) is 0 Å². The zero-order valence-electron chi connectivity index (χ0n) is 15.9. The molecule has 8 nitrogen and oxygen atoms in total. The van der Waals surface area contributed by atoms with Crippen LogP contribution in [-0.4, -0.2) is 64.7 Å². The van der Waals surface area contributed by atoms with Crippen molar-refractivity contribution >= 4 is 26.0 Å². The van der Waals surface area contributed by atoms with E-state index in [0.29, 0.717) is 5.56 Å². The van der Waals surface area contributed by atoms with Crippen LogP contribution in [-0.2, 0) is 30.5 Å². The van der Waals surface area contributed by atoms with Crippen LogP contribution in [0.25, 0.3) is 0 Å². The van der Waals surface area contributed by atoms with E-state index in [4.69, 9.17) is 0 Å². The molecule has 1 aliphatic heterocycles. The number of carbonyl (C=O) groups is 1. The molecule has 0 saturated carbocycles. The van der Waals surface area contributed by atoms with Crippen LogP contribution in [0.1, 0.15) is 15.9 Å². The maximum atomic E-state index is 13.0. The van der Waals surface area contributed by atoms with Crippen molar-refractivity contribution in [3.05, 3.63) is 65.7 Å². The van der Waals surface area contributed by atoms with E-state index in [-0.39, 0.29) is 42.4 Å². The molecule has 2 aromatic carbocycles. The molecule has 0 radical (unpaired) electrons. The highest BCUT2D eigenvalue weighted by Gasteiger charge is 2.34. The van der Waals surface area contributed by atoms with Crippen LogP contribution < -0.4 is 0 Å². The molecule has 29 heavy (non-hydrogen) atoms. The average Bonchev–Trinajstić information content (AvgIpc) is 2.73. The van der Waals surface area contributed by atoms with Crippen molar-refractivity contribution in [3.63, 3.8) is 0 Å². The highest BCUT2D eigenvalue weighted by atomic mass is 32.2. The molecule has 1 heterocycles. The van der Waals surface area contributed by atoms with Gasteiger partial charge in [-0.1, -0.05) is 42.5 Å². The third-order valence-corrected chi connectivity index (χ3v) is 8.50. The average molecular weight is 439 g/mol. The van der Waals surface area contributed by atoms with Crippen molar-refractivity contribution in [2.24, 2.45) is 0 Å².